The van der Waals surface area contributed by atoms with Crippen molar-refractivity contribution in [1.29, 1.82) is 0 Å². The van der Waals surface area contributed by atoms with Crippen molar-refractivity contribution < 1.29 is 23.6 Å². The van der Waals surface area contributed by atoms with E-state index in [9.17, 15) is 14.2 Å². The number of rotatable bonds is 12. The number of anilines is 1. The van der Waals surface area contributed by atoms with Gasteiger partial charge in [0.2, 0.25) is 11.8 Å². The summed E-state index contributed by atoms with van der Waals surface area (Å²) in [6.45, 7) is 4.39. The third-order valence-electron chi connectivity index (χ3n) is 7.33. The first kappa shape index (κ1) is 34.0. The molecule has 8 nitrogen and oxygen atoms in total. The van der Waals surface area contributed by atoms with Gasteiger partial charge in [0.25, 0.3) is 0 Å². The van der Waals surface area contributed by atoms with Crippen LogP contribution in [-0.4, -0.2) is 47.3 Å². The minimum absolute atomic E-state index is 0.0279. The number of hydrogen-bond donors (Lipinski definition) is 3. The average molecular weight is 594 g/mol. The van der Waals surface area contributed by atoms with Crippen LogP contribution in [0.1, 0.15) is 76.3 Å². The van der Waals surface area contributed by atoms with Crippen LogP contribution in [0.4, 0.5) is 5.69 Å². The van der Waals surface area contributed by atoms with E-state index in [1.807, 2.05) is 18.2 Å². The van der Waals surface area contributed by atoms with Gasteiger partial charge >= 0.3 is 8.25 Å². The summed E-state index contributed by atoms with van der Waals surface area (Å²) in [5.41, 5.74) is 2.56. The van der Waals surface area contributed by atoms with Crippen molar-refractivity contribution in [3.8, 4) is 0 Å². The molecule has 1 atom stereocenters. The largest absolute Gasteiger partial charge is 0.353 e. The lowest BCUT2D eigenvalue weighted by molar-refractivity contribution is -0.125. The van der Waals surface area contributed by atoms with Crippen LogP contribution in [0, 0.1) is 0 Å². The number of nitrogens with zero attached hydrogens (tertiary/aromatic N) is 1. The van der Waals surface area contributed by atoms with E-state index >= 15 is 0 Å². The lowest BCUT2D eigenvalue weighted by Crippen LogP contribution is -2.52. The first-order valence-electron chi connectivity index (χ1n) is 14.0. The Balaban J connectivity index is 0.00000131. The molecule has 3 rings (SSSR count). The monoisotopic (exact) mass is 593 g/mol. The summed E-state index contributed by atoms with van der Waals surface area (Å²) in [6, 6.07) is 14.9. The molecule has 2 aromatic rings. The van der Waals surface area contributed by atoms with E-state index < -0.39 is 8.25 Å². The molecule has 0 aromatic heterocycles. The van der Waals surface area contributed by atoms with Crippen molar-refractivity contribution >= 4 is 37.4 Å². The maximum atomic E-state index is 12.5. The van der Waals surface area contributed by atoms with E-state index in [4.69, 9.17) is 21.0 Å². The van der Waals surface area contributed by atoms with Gasteiger partial charge in [0.15, 0.2) is 0 Å². The molecular formula is C30H45ClN3O5P. The van der Waals surface area contributed by atoms with Crippen molar-refractivity contribution in [2.24, 2.45) is 0 Å². The summed E-state index contributed by atoms with van der Waals surface area (Å²) in [5.74, 6) is -0.361. The van der Waals surface area contributed by atoms with Crippen molar-refractivity contribution in [2.75, 3.05) is 19.4 Å². The van der Waals surface area contributed by atoms with E-state index in [1.54, 1.807) is 24.3 Å². The lowest BCUT2D eigenvalue weighted by atomic mass is 9.75. The fraction of sp³-hybridized carbons (Fsp3) is 0.533. The van der Waals surface area contributed by atoms with E-state index in [1.165, 1.54) is 18.4 Å². The molecule has 1 aliphatic carbocycles. The smallest absolute Gasteiger partial charge is 0.316 e. The van der Waals surface area contributed by atoms with E-state index in [2.05, 4.69) is 49.5 Å². The summed E-state index contributed by atoms with van der Waals surface area (Å²) in [4.78, 5) is 35.8. The van der Waals surface area contributed by atoms with Crippen molar-refractivity contribution in [1.82, 2.24) is 10.2 Å². The normalized spacial score (nSPS) is 19.3. The first-order chi connectivity index (χ1) is 19.1. The minimum atomic E-state index is -2.97. The predicted molar refractivity (Wildman–Crippen MR) is 163 cm³/mol. The van der Waals surface area contributed by atoms with Crippen LogP contribution in [0.25, 0.3) is 0 Å². The number of carbonyl (C=O) groups excluding carboxylic acids is 2. The first-order valence-corrected chi connectivity index (χ1v) is 15.7. The van der Waals surface area contributed by atoms with E-state index in [0.717, 1.165) is 42.7 Å². The van der Waals surface area contributed by atoms with Gasteiger partial charge in [-0.05, 0) is 81.6 Å². The quantitative estimate of drug-likeness (QED) is 0.247. The molecule has 0 saturated heterocycles. The predicted octanol–water partition coefficient (Wildman–Crippen LogP) is 6.37. The second-order valence-electron chi connectivity index (χ2n) is 10.6. The molecule has 0 bridgehead atoms. The lowest BCUT2D eigenvalue weighted by Gasteiger charge is -2.45. The number of halogens is 1. The number of benzene rings is 2. The SMILES string of the molecule is CCCC.CN(C)C1(Cc2cccc(Cl)c2)CCC(NC(=O)CCC(=O)Nc2ccc(CO[PH](=O)O)cc2)CC1. The minimum Gasteiger partial charge on any atom is -0.353 e. The number of likely N-dealkylation sites (N-methyl/N-ethyl adjacent to an activating group) is 1. The fourth-order valence-electron chi connectivity index (χ4n) is 4.69. The van der Waals surface area contributed by atoms with Crippen LogP contribution in [-0.2, 0) is 31.7 Å². The summed E-state index contributed by atoms with van der Waals surface area (Å²) < 4.78 is 15.3. The zero-order chi connectivity index (χ0) is 29.5. The molecule has 0 heterocycles. The van der Waals surface area contributed by atoms with Crippen LogP contribution in [0.5, 0.6) is 0 Å². The molecule has 0 spiro atoms. The Morgan fingerprint density at radius 2 is 1.65 bits per heavy atom. The molecule has 2 aromatic carbocycles. The summed E-state index contributed by atoms with van der Waals surface area (Å²) in [6.07, 6.45) is 7.47. The number of amides is 2. The molecule has 1 saturated carbocycles. The molecular weight excluding hydrogens is 549 g/mol. The molecule has 1 unspecified atom stereocenters. The molecule has 1 aliphatic rings. The Morgan fingerprint density at radius 3 is 2.20 bits per heavy atom. The number of nitrogens with one attached hydrogen (secondary N) is 2. The van der Waals surface area contributed by atoms with Crippen LogP contribution < -0.4 is 10.6 Å². The van der Waals surface area contributed by atoms with Gasteiger partial charge < -0.3 is 25.0 Å². The van der Waals surface area contributed by atoms with Crippen molar-refractivity contribution in [3.63, 3.8) is 0 Å². The maximum Gasteiger partial charge on any atom is 0.316 e. The molecule has 10 heteroatoms. The summed E-state index contributed by atoms with van der Waals surface area (Å²) in [5, 5.41) is 6.61. The Morgan fingerprint density at radius 1 is 1.02 bits per heavy atom. The Labute approximate surface area is 244 Å². The second-order valence-corrected chi connectivity index (χ2v) is 11.8. The highest BCUT2D eigenvalue weighted by Crippen LogP contribution is 2.36. The second kappa shape index (κ2) is 17.6. The Hall–Kier alpha value is -2.22. The average Bonchev–Trinajstić information content (AvgIpc) is 2.93. The van der Waals surface area contributed by atoms with Crippen LogP contribution in [0.2, 0.25) is 5.02 Å². The van der Waals surface area contributed by atoms with Gasteiger partial charge in [-0.1, -0.05) is 62.6 Å². The third kappa shape index (κ3) is 12.1. The highest BCUT2D eigenvalue weighted by atomic mass is 35.5. The van der Waals surface area contributed by atoms with Crippen LogP contribution in [0.3, 0.4) is 0 Å². The Bertz CT molecular complexity index is 1090. The van der Waals surface area contributed by atoms with Gasteiger partial charge in [-0.3, -0.25) is 14.2 Å². The van der Waals surface area contributed by atoms with E-state index in [0.29, 0.717) is 5.69 Å². The highest BCUT2D eigenvalue weighted by molar-refractivity contribution is 7.32. The van der Waals surface area contributed by atoms with Gasteiger partial charge in [0, 0.05) is 35.1 Å². The maximum absolute atomic E-state index is 12.5. The van der Waals surface area contributed by atoms with Gasteiger partial charge in [0.1, 0.15) is 0 Å². The zero-order valence-electron chi connectivity index (χ0n) is 24.2. The third-order valence-corrected chi connectivity index (χ3v) is 7.96. The molecule has 3 N–H and O–H groups in total. The topological polar surface area (TPSA) is 108 Å². The van der Waals surface area contributed by atoms with Crippen LogP contribution in [0.15, 0.2) is 48.5 Å². The number of hydrogen-bond acceptors (Lipinski definition) is 5. The molecule has 40 heavy (non-hydrogen) atoms. The number of carbonyl (C=O) groups is 2. The standard InChI is InChI=1S/C26H35ClN3O5P.C4H10/c1-30(2)26(17-20-4-3-5-21(27)16-20)14-12-23(13-15-26)29-25(32)11-10-24(31)28-22-8-6-19(7-9-22)18-35-36(33)34;1-3-4-2/h3-9,16,23,36H,10-15,17-18H2,1-2H3,(H,28,31)(H,29,32)(H,33,34);3-4H2,1-2H3. The fourth-order valence-corrected chi connectivity index (χ4v) is 5.19. The summed E-state index contributed by atoms with van der Waals surface area (Å²) in [7, 11) is 1.25. The zero-order valence-corrected chi connectivity index (χ0v) is 25.9. The van der Waals surface area contributed by atoms with Gasteiger partial charge in [-0.25, -0.2) is 0 Å². The molecule has 0 aliphatic heterocycles. The van der Waals surface area contributed by atoms with Crippen molar-refractivity contribution in [3.05, 3.63) is 64.7 Å². The highest BCUT2D eigenvalue weighted by Gasteiger charge is 2.37. The van der Waals surface area contributed by atoms with Crippen molar-refractivity contribution in [2.45, 2.75) is 89.8 Å². The van der Waals surface area contributed by atoms with Gasteiger partial charge in [-0.15, -0.1) is 0 Å². The van der Waals surface area contributed by atoms with Gasteiger partial charge in [-0.2, -0.15) is 0 Å². The van der Waals surface area contributed by atoms with Crippen LogP contribution >= 0.6 is 19.9 Å². The molecule has 1 fully saturated rings. The number of unbranched alkanes of at least 4 members (excludes halogenated alkanes) is 1. The Kier molecular flexibility index (Phi) is 14.9. The molecule has 2 amide bonds. The van der Waals surface area contributed by atoms with Gasteiger partial charge in [0.05, 0.1) is 6.61 Å². The molecule has 222 valence electrons. The van der Waals surface area contributed by atoms with E-state index in [-0.39, 0.29) is 42.8 Å². The molecule has 0 radical (unpaired) electrons. The summed E-state index contributed by atoms with van der Waals surface area (Å²) >= 11 is 6.18.